The monoisotopic (exact) mass is 527 g/mol. The van der Waals surface area contributed by atoms with Gasteiger partial charge in [-0.2, -0.15) is 0 Å². The molecule has 2 rings (SSSR count). The molecule has 0 amide bonds. The van der Waals surface area contributed by atoms with Crippen molar-refractivity contribution in [3.8, 4) is 0 Å². The second kappa shape index (κ2) is 12.6. The highest BCUT2D eigenvalue weighted by atomic mass is 127. The van der Waals surface area contributed by atoms with Gasteiger partial charge >= 0.3 is 0 Å². The van der Waals surface area contributed by atoms with Crippen molar-refractivity contribution in [2.45, 2.75) is 59.4 Å². The Morgan fingerprint density at radius 3 is 2.54 bits per heavy atom. The van der Waals surface area contributed by atoms with Gasteiger partial charge in [0.1, 0.15) is 5.76 Å². The van der Waals surface area contributed by atoms with Crippen LogP contribution in [0.4, 0.5) is 0 Å². The zero-order chi connectivity index (χ0) is 19.7. The van der Waals surface area contributed by atoms with Gasteiger partial charge in [0.2, 0.25) is 10.0 Å². The minimum Gasteiger partial charge on any atom is -0.361 e. The molecule has 0 aromatic carbocycles. The van der Waals surface area contributed by atoms with E-state index in [-0.39, 0.29) is 29.7 Å². The smallest absolute Gasteiger partial charge is 0.213 e. The Balaban J connectivity index is 0.00000392. The summed E-state index contributed by atoms with van der Waals surface area (Å²) in [6, 6.07) is 0. The van der Waals surface area contributed by atoms with Crippen LogP contribution in [0.5, 0.6) is 0 Å². The third kappa shape index (κ3) is 7.86. The van der Waals surface area contributed by atoms with Crippen LogP contribution in [0.25, 0.3) is 0 Å². The molecule has 1 saturated carbocycles. The van der Waals surface area contributed by atoms with Crippen molar-refractivity contribution < 1.29 is 12.9 Å². The summed E-state index contributed by atoms with van der Waals surface area (Å²) in [5.74, 6) is 1.99. The van der Waals surface area contributed by atoms with Gasteiger partial charge < -0.3 is 15.2 Å². The molecule has 10 heteroatoms. The van der Waals surface area contributed by atoms with E-state index < -0.39 is 10.0 Å². The Hall–Kier alpha value is -0.880. The van der Waals surface area contributed by atoms with Crippen molar-refractivity contribution in [3.05, 3.63) is 17.0 Å². The van der Waals surface area contributed by atoms with Crippen LogP contribution < -0.4 is 15.4 Å². The SMILES string of the molecule is CCNC(=NCc1c(CC)noc1CC)NCCS(=O)(=O)NCC1CCC1.I. The van der Waals surface area contributed by atoms with Crippen LogP contribution in [0.2, 0.25) is 0 Å². The van der Waals surface area contributed by atoms with Gasteiger partial charge in [0.25, 0.3) is 0 Å². The van der Waals surface area contributed by atoms with Crippen molar-refractivity contribution in [2.24, 2.45) is 10.9 Å². The molecule has 1 aromatic heterocycles. The molecule has 0 atom stereocenters. The molecule has 1 fully saturated rings. The summed E-state index contributed by atoms with van der Waals surface area (Å²) >= 11 is 0. The lowest BCUT2D eigenvalue weighted by Crippen LogP contribution is -2.42. The van der Waals surface area contributed by atoms with Crippen LogP contribution in [0.15, 0.2) is 9.52 Å². The van der Waals surface area contributed by atoms with E-state index >= 15 is 0 Å². The quantitative estimate of drug-likeness (QED) is 0.231. The van der Waals surface area contributed by atoms with Gasteiger partial charge in [-0.15, -0.1) is 24.0 Å². The predicted molar refractivity (Wildman–Crippen MR) is 123 cm³/mol. The minimum absolute atomic E-state index is 0. The molecule has 1 heterocycles. The number of sulfonamides is 1. The maximum Gasteiger partial charge on any atom is 0.213 e. The third-order valence-electron chi connectivity index (χ3n) is 4.83. The van der Waals surface area contributed by atoms with Crippen molar-refractivity contribution in [2.75, 3.05) is 25.4 Å². The van der Waals surface area contributed by atoms with Crippen LogP contribution in [0.1, 0.15) is 57.1 Å². The Kier molecular flexibility index (Phi) is 11.4. The molecule has 8 nitrogen and oxygen atoms in total. The van der Waals surface area contributed by atoms with Gasteiger partial charge in [0, 0.05) is 31.6 Å². The van der Waals surface area contributed by atoms with E-state index in [1.807, 2.05) is 20.8 Å². The third-order valence-corrected chi connectivity index (χ3v) is 6.17. The first-order valence-corrected chi connectivity index (χ1v) is 11.6. The average Bonchev–Trinajstić information content (AvgIpc) is 3.00. The lowest BCUT2D eigenvalue weighted by molar-refractivity contribution is 0.316. The van der Waals surface area contributed by atoms with Gasteiger partial charge in [-0.3, -0.25) is 0 Å². The summed E-state index contributed by atoms with van der Waals surface area (Å²) in [6.45, 7) is 8.05. The second-order valence-corrected chi connectivity index (χ2v) is 8.75. The van der Waals surface area contributed by atoms with Crippen molar-refractivity contribution in [1.82, 2.24) is 20.5 Å². The van der Waals surface area contributed by atoms with E-state index in [0.29, 0.717) is 38.1 Å². The standard InChI is InChI=1S/C18H33N5O3S.HI/c1-4-16-15(17(5-2)26-23-16)13-21-18(19-6-3)20-10-11-27(24,25)22-12-14-8-7-9-14;/h14,22H,4-13H2,1-3H3,(H2,19,20,21);1H. The van der Waals surface area contributed by atoms with Crippen molar-refractivity contribution in [1.29, 1.82) is 0 Å². The first-order valence-electron chi connectivity index (χ1n) is 9.94. The summed E-state index contributed by atoms with van der Waals surface area (Å²) in [5.41, 5.74) is 1.95. The molecular weight excluding hydrogens is 493 g/mol. The topological polar surface area (TPSA) is 109 Å². The fourth-order valence-corrected chi connectivity index (χ4v) is 3.94. The lowest BCUT2D eigenvalue weighted by Gasteiger charge is -2.25. The molecule has 28 heavy (non-hydrogen) atoms. The fourth-order valence-electron chi connectivity index (χ4n) is 2.93. The zero-order valence-corrected chi connectivity index (χ0v) is 20.2. The van der Waals surface area contributed by atoms with Crippen LogP contribution in [0.3, 0.4) is 0 Å². The normalized spacial score (nSPS) is 15.0. The Morgan fingerprint density at radius 1 is 1.21 bits per heavy atom. The number of guanidine groups is 1. The van der Waals surface area contributed by atoms with Crippen LogP contribution in [0, 0.1) is 5.92 Å². The molecule has 0 radical (unpaired) electrons. The molecule has 0 bridgehead atoms. The molecular formula is C18H34IN5O3S. The van der Waals surface area contributed by atoms with Gasteiger partial charge in [0.05, 0.1) is 18.0 Å². The molecule has 3 N–H and O–H groups in total. The number of aliphatic imine (C=N–C) groups is 1. The Morgan fingerprint density at radius 2 is 1.96 bits per heavy atom. The maximum atomic E-state index is 12.1. The van der Waals surface area contributed by atoms with E-state index in [4.69, 9.17) is 4.52 Å². The molecule has 0 aliphatic heterocycles. The van der Waals surface area contributed by atoms with Crippen molar-refractivity contribution in [3.63, 3.8) is 0 Å². The Bertz CT molecular complexity index is 695. The molecule has 162 valence electrons. The van der Waals surface area contributed by atoms with Gasteiger partial charge in [-0.25, -0.2) is 18.1 Å². The van der Waals surface area contributed by atoms with Gasteiger partial charge in [-0.05, 0) is 32.1 Å². The minimum atomic E-state index is -3.26. The highest BCUT2D eigenvalue weighted by molar-refractivity contribution is 14.0. The summed E-state index contributed by atoms with van der Waals surface area (Å²) < 4.78 is 32.3. The summed E-state index contributed by atoms with van der Waals surface area (Å²) in [6.07, 6.45) is 5.03. The van der Waals surface area contributed by atoms with Crippen LogP contribution >= 0.6 is 24.0 Å². The lowest BCUT2D eigenvalue weighted by atomic mass is 9.86. The number of aryl methyl sites for hydroxylation is 2. The number of aromatic nitrogens is 1. The summed E-state index contributed by atoms with van der Waals surface area (Å²) in [7, 11) is -3.26. The maximum absolute atomic E-state index is 12.1. The molecule has 0 spiro atoms. The van der Waals surface area contributed by atoms with E-state index in [2.05, 4.69) is 25.5 Å². The largest absolute Gasteiger partial charge is 0.361 e. The van der Waals surface area contributed by atoms with Gasteiger partial charge in [-0.1, -0.05) is 25.4 Å². The number of hydrogen-bond acceptors (Lipinski definition) is 5. The number of halogens is 1. The van der Waals surface area contributed by atoms with E-state index in [1.165, 1.54) is 6.42 Å². The molecule has 1 aliphatic rings. The van der Waals surface area contributed by atoms with Crippen LogP contribution in [-0.4, -0.2) is 44.9 Å². The number of nitrogens with zero attached hydrogens (tertiary/aromatic N) is 2. The molecule has 1 aromatic rings. The van der Waals surface area contributed by atoms with Crippen LogP contribution in [-0.2, 0) is 29.4 Å². The second-order valence-electron chi connectivity index (χ2n) is 6.82. The average molecular weight is 527 g/mol. The van der Waals surface area contributed by atoms with Gasteiger partial charge in [0.15, 0.2) is 5.96 Å². The van der Waals surface area contributed by atoms with E-state index in [1.54, 1.807) is 0 Å². The number of nitrogens with one attached hydrogen (secondary N) is 3. The zero-order valence-electron chi connectivity index (χ0n) is 17.1. The first-order chi connectivity index (χ1) is 13.0. The fraction of sp³-hybridized carbons (Fsp3) is 0.778. The first kappa shape index (κ1) is 25.2. The summed E-state index contributed by atoms with van der Waals surface area (Å²) in [5, 5.41) is 10.3. The highest BCUT2D eigenvalue weighted by Gasteiger charge is 2.20. The van der Waals surface area contributed by atoms with E-state index in [0.717, 1.165) is 42.7 Å². The van der Waals surface area contributed by atoms with Crippen molar-refractivity contribution >= 4 is 40.0 Å². The predicted octanol–water partition coefficient (Wildman–Crippen LogP) is 2.19. The molecule has 0 unspecified atom stereocenters. The number of hydrogen-bond donors (Lipinski definition) is 3. The van der Waals surface area contributed by atoms with E-state index in [9.17, 15) is 8.42 Å². The number of rotatable bonds is 11. The molecule has 1 aliphatic carbocycles. The Labute approximate surface area is 185 Å². The highest BCUT2D eigenvalue weighted by Crippen LogP contribution is 2.25. The molecule has 0 saturated heterocycles. The summed E-state index contributed by atoms with van der Waals surface area (Å²) in [4.78, 5) is 4.57.